The molecular formula is C22H17F3N4O2S. The largest absolute Gasteiger partial charge is 0.461 e. The number of rotatable bonds is 7. The minimum atomic E-state index is -4.50. The summed E-state index contributed by atoms with van der Waals surface area (Å²) in [6, 6.07) is 17.5. The highest BCUT2D eigenvalue weighted by molar-refractivity contribution is 7.99. The van der Waals surface area contributed by atoms with Crippen molar-refractivity contribution in [2.24, 2.45) is 0 Å². The van der Waals surface area contributed by atoms with Crippen LogP contribution in [0.5, 0.6) is 0 Å². The van der Waals surface area contributed by atoms with Crippen LogP contribution in [0.1, 0.15) is 11.1 Å². The molecular weight excluding hydrogens is 441 g/mol. The molecule has 0 aliphatic heterocycles. The molecule has 6 nitrogen and oxygen atoms in total. The van der Waals surface area contributed by atoms with Gasteiger partial charge < -0.3 is 9.73 Å². The molecule has 32 heavy (non-hydrogen) atoms. The summed E-state index contributed by atoms with van der Waals surface area (Å²) in [5, 5.41) is 11.2. The summed E-state index contributed by atoms with van der Waals surface area (Å²) in [7, 11) is 0. The van der Waals surface area contributed by atoms with E-state index in [1.165, 1.54) is 23.0 Å². The maximum atomic E-state index is 13.2. The summed E-state index contributed by atoms with van der Waals surface area (Å²) >= 11 is 1.07. The molecule has 2 heterocycles. The number of hydrogen-bond donors (Lipinski definition) is 1. The van der Waals surface area contributed by atoms with E-state index in [1.807, 2.05) is 30.3 Å². The first-order valence-electron chi connectivity index (χ1n) is 9.52. The van der Waals surface area contributed by atoms with Gasteiger partial charge in [-0.15, -0.1) is 10.2 Å². The van der Waals surface area contributed by atoms with Gasteiger partial charge in [-0.2, -0.15) is 13.2 Å². The standard InChI is InChI=1S/C22H17F3N4O2S/c23-22(24,25)16-8-4-9-17(12-16)29-20(18-10-5-11-31-18)27-28-21(29)32-14-19(30)26-13-15-6-2-1-3-7-15/h1-12H,13-14H2,(H,26,30). The number of benzene rings is 2. The monoisotopic (exact) mass is 458 g/mol. The Morgan fingerprint density at radius 1 is 1.03 bits per heavy atom. The van der Waals surface area contributed by atoms with E-state index in [4.69, 9.17) is 4.42 Å². The van der Waals surface area contributed by atoms with E-state index in [0.29, 0.717) is 12.3 Å². The van der Waals surface area contributed by atoms with Crippen LogP contribution in [0.4, 0.5) is 13.2 Å². The number of hydrogen-bond acceptors (Lipinski definition) is 5. The third-order valence-electron chi connectivity index (χ3n) is 4.47. The van der Waals surface area contributed by atoms with Crippen molar-refractivity contribution >= 4 is 17.7 Å². The van der Waals surface area contributed by atoms with Crippen molar-refractivity contribution in [3.05, 3.63) is 84.1 Å². The average molecular weight is 458 g/mol. The van der Waals surface area contributed by atoms with E-state index in [0.717, 1.165) is 29.5 Å². The molecule has 4 aromatic rings. The quantitative estimate of drug-likeness (QED) is 0.397. The summed E-state index contributed by atoms with van der Waals surface area (Å²) in [6.45, 7) is 0.373. The molecule has 0 aliphatic rings. The van der Waals surface area contributed by atoms with Gasteiger partial charge in [-0.25, -0.2) is 0 Å². The van der Waals surface area contributed by atoms with Crippen molar-refractivity contribution in [1.82, 2.24) is 20.1 Å². The first-order valence-corrected chi connectivity index (χ1v) is 10.5. The molecule has 0 radical (unpaired) electrons. The third kappa shape index (κ3) is 5.02. The van der Waals surface area contributed by atoms with Gasteiger partial charge in [-0.3, -0.25) is 9.36 Å². The summed E-state index contributed by atoms with van der Waals surface area (Å²) in [5.74, 6) is 0.357. The fourth-order valence-corrected chi connectivity index (χ4v) is 3.74. The highest BCUT2D eigenvalue weighted by Gasteiger charge is 2.31. The van der Waals surface area contributed by atoms with Crippen molar-refractivity contribution in [2.45, 2.75) is 17.9 Å². The van der Waals surface area contributed by atoms with Crippen LogP contribution in [0.3, 0.4) is 0 Å². The number of halogens is 3. The molecule has 0 atom stereocenters. The van der Waals surface area contributed by atoms with Crippen molar-refractivity contribution in [2.75, 3.05) is 5.75 Å². The number of carbonyl (C=O) groups excluding carboxylic acids is 1. The Balaban J connectivity index is 1.57. The van der Waals surface area contributed by atoms with Crippen molar-refractivity contribution in [3.63, 3.8) is 0 Å². The lowest BCUT2D eigenvalue weighted by molar-refractivity contribution is -0.137. The zero-order valence-corrected chi connectivity index (χ0v) is 17.4. The van der Waals surface area contributed by atoms with Gasteiger partial charge in [-0.1, -0.05) is 48.2 Å². The molecule has 0 aliphatic carbocycles. The Labute approximate surface area is 185 Å². The van der Waals surface area contributed by atoms with E-state index in [1.54, 1.807) is 12.1 Å². The van der Waals surface area contributed by atoms with E-state index in [2.05, 4.69) is 15.5 Å². The van der Waals surface area contributed by atoms with Crippen LogP contribution in [-0.2, 0) is 17.5 Å². The van der Waals surface area contributed by atoms with Crippen LogP contribution in [0, 0.1) is 0 Å². The van der Waals surface area contributed by atoms with Crippen LogP contribution in [0.25, 0.3) is 17.3 Å². The first-order chi connectivity index (χ1) is 15.4. The van der Waals surface area contributed by atoms with Crippen molar-refractivity contribution < 1.29 is 22.4 Å². The predicted octanol–water partition coefficient (Wildman–Crippen LogP) is 4.95. The fourth-order valence-electron chi connectivity index (χ4n) is 2.96. The Bertz CT molecular complexity index is 1190. The van der Waals surface area contributed by atoms with Crippen LogP contribution >= 0.6 is 11.8 Å². The minimum absolute atomic E-state index is 0.0160. The van der Waals surface area contributed by atoms with Crippen LogP contribution in [0.15, 0.2) is 82.6 Å². The number of nitrogens with zero attached hydrogens (tertiary/aromatic N) is 3. The van der Waals surface area contributed by atoms with Gasteiger partial charge >= 0.3 is 6.18 Å². The summed E-state index contributed by atoms with van der Waals surface area (Å²) in [6.07, 6.45) is -3.07. The third-order valence-corrected chi connectivity index (χ3v) is 5.40. The molecule has 4 rings (SSSR count). The number of alkyl halides is 3. The normalized spacial score (nSPS) is 11.5. The maximum absolute atomic E-state index is 13.2. The number of carbonyl (C=O) groups is 1. The second-order valence-electron chi connectivity index (χ2n) is 6.72. The van der Waals surface area contributed by atoms with Gasteiger partial charge in [0.25, 0.3) is 0 Å². The molecule has 0 saturated heterocycles. The molecule has 164 valence electrons. The van der Waals surface area contributed by atoms with E-state index in [9.17, 15) is 18.0 Å². The van der Waals surface area contributed by atoms with Gasteiger partial charge in [0.15, 0.2) is 10.9 Å². The number of furan rings is 1. The molecule has 1 amide bonds. The Kier molecular flexibility index (Phi) is 6.31. The fraction of sp³-hybridized carbons (Fsp3) is 0.136. The van der Waals surface area contributed by atoms with Gasteiger partial charge in [0.05, 0.1) is 23.3 Å². The molecule has 10 heteroatoms. The number of nitrogens with one attached hydrogen (secondary N) is 1. The molecule has 0 spiro atoms. The lowest BCUT2D eigenvalue weighted by Crippen LogP contribution is -2.24. The molecule has 0 saturated carbocycles. The molecule has 2 aromatic carbocycles. The lowest BCUT2D eigenvalue weighted by atomic mass is 10.2. The van der Waals surface area contributed by atoms with Gasteiger partial charge in [-0.05, 0) is 35.9 Å². The minimum Gasteiger partial charge on any atom is -0.461 e. The van der Waals surface area contributed by atoms with Crippen molar-refractivity contribution in [1.29, 1.82) is 0 Å². The van der Waals surface area contributed by atoms with Crippen LogP contribution in [0.2, 0.25) is 0 Å². The van der Waals surface area contributed by atoms with Gasteiger partial charge in [0, 0.05) is 6.54 Å². The Morgan fingerprint density at radius 3 is 2.56 bits per heavy atom. The smallest absolute Gasteiger partial charge is 0.416 e. The number of thioether (sulfide) groups is 1. The maximum Gasteiger partial charge on any atom is 0.416 e. The Morgan fingerprint density at radius 2 is 1.84 bits per heavy atom. The Hall–Kier alpha value is -3.53. The van der Waals surface area contributed by atoms with Crippen LogP contribution in [-0.4, -0.2) is 26.4 Å². The number of amides is 1. The SMILES string of the molecule is O=C(CSc1nnc(-c2ccco2)n1-c1cccc(C(F)(F)F)c1)NCc1ccccc1. The molecule has 1 N–H and O–H groups in total. The van der Waals surface area contributed by atoms with E-state index < -0.39 is 11.7 Å². The first kappa shape index (κ1) is 21.7. The summed E-state index contributed by atoms with van der Waals surface area (Å²) in [5.41, 5.74) is 0.368. The topological polar surface area (TPSA) is 73.0 Å². The molecule has 2 aromatic heterocycles. The number of aromatic nitrogens is 3. The highest BCUT2D eigenvalue weighted by Crippen LogP contribution is 2.33. The predicted molar refractivity (Wildman–Crippen MR) is 113 cm³/mol. The second kappa shape index (κ2) is 9.31. The molecule has 0 fully saturated rings. The summed E-state index contributed by atoms with van der Waals surface area (Å²) < 4.78 is 46.6. The van der Waals surface area contributed by atoms with E-state index in [-0.39, 0.29) is 28.3 Å². The molecule has 0 unspecified atom stereocenters. The van der Waals surface area contributed by atoms with Gasteiger partial charge in [0.1, 0.15) is 0 Å². The second-order valence-corrected chi connectivity index (χ2v) is 7.66. The zero-order chi connectivity index (χ0) is 22.6. The highest BCUT2D eigenvalue weighted by atomic mass is 32.2. The molecule has 0 bridgehead atoms. The summed E-state index contributed by atoms with van der Waals surface area (Å²) in [4.78, 5) is 12.3. The van der Waals surface area contributed by atoms with Crippen molar-refractivity contribution in [3.8, 4) is 17.3 Å². The zero-order valence-electron chi connectivity index (χ0n) is 16.5. The van der Waals surface area contributed by atoms with Gasteiger partial charge in [0.2, 0.25) is 11.7 Å². The lowest BCUT2D eigenvalue weighted by Gasteiger charge is -2.12. The average Bonchev–Trinajstić information content (AvgIpc) is 3.46. The van der Waals surface area contributed by atoms with E-state index >= 15 is 0 Å². The van der Waals surface area contributed by atoms with Crippen LogP contribution < -0.4 is 5.32 Å².